The summed E-state index contributed by atoms with van der Waals surface area (Å²) in [6.45, 7) is 0. The molecule has 2 saturated carbocycles. The molecule has 96 valence electrons. The Morgan fingerprint density at radius 1 is 1.22 bits per heavy atom. The molecule has 3 rings (SSSR count). The molecule has 2 aliphatic carbocycles. The monoisotopic (exact) mass is 266 g/mol. The molecule has 0 radical (unpaired) electrons. The van der Waals surface area contributed by atoms with E-state index in [2.05, 4.69) is 10.6 Å². The highest BCUT2D eigenvalue weighted by Crippen LogP contribution is 2.51. The number of amides is 2. The van der Waals surface area contributed by atoms with Crippen LogP contribution in [0.2, 0.25) is 5.02 Å². The maximum absolute atomic E-state index is 11.7. The molecule has 0 heterocycles. The Kier molecular flexibility index (Phi) is 2.92. The quantitative estimate of drug-likeness (QED) is 0.769. The number of anilines is 1. The molecular weight excluding hydrogens is 252 g/mol. The molecule has 2 unspecified atom stereocenters. The Balaban J connectivity index is 1.50. The Hall–Kier alpha value is -1.26. The number of halogens is 1. The summed E-state index contributed by atoms with van der Waals surface area (Å²) in [5.74, 6) is 0.937. The van der Waals surface area contributed by atoms with Gasteiger partial charge in [-0.3, -0.25) is 0 Å². The molecule has 0 saturated heterocycles. The van der Waals surface area contributed by atoms with Crippen LogP contribution in [0.15, 0.2) is 24.3 Å². The van der Waals surface area contributed by atoms with Crippen LogP contribution < -0.4 is 10.6 Å². The second kappa shape index (κ2) is 4.44. The first-order valence-electron chi connectivity index (χ1n) is 6.14. The van der Waals surface area contributed by atoms with Crippen molar-refractivity contribution in [2.45, 2.75) is 25.0 Å². The van der Waals surface area contributed by atoms with Crippen molar-refractivity contribution in [3.63, 3.8) is 0 Å². The lowest BCUT2D eigenvalue weighted by molar-refractivity contribution is 0.163. The minimum atomic E-state index is -0.189. The molecule has 0 aliphatic heterocycles. The van der Waals surface area contributed by atoms with Crippen molar-refractivity contribution < 1.29 is 9.90 Å². The van der Waals surface area contributed by atoms with Gasteiger partial charge in [-0.05, 0) is 48.9 Å². The van der Waals surface area contributed by atoms with Crippen LogP contribution in [-0.2, 0) is 0 Å². The third kappa shape index (κ3) is 2.31. The summed E-state index contributed by atoms with van der Waals surface area (Å²) in [5, 5.41) is 15.8. The molecule has 0 spiro atoms. The summed E-state index contributed by atoms with van der Waals surface area (Å²) in [4.78, 5) is 11.7. The maximum atomic E-state index is 11.7. The molecule has 18 heavy (non-hydrogen) atoms. The topological polar surface area (TPSA) is 61.4 Å². The van der Waals surface area contributed by atoms with Gasteiger partial charge in [0.25, 0.3) is 0 Å². The number of hydrogen-bond donors (Lipinski definition) is 3. The van der Waals surface area contributed by atoms with Crippen molar-refractivity contribution in [1.82, 2.24) is 5.32 Å². The lowest BCUT2D eigenvalue weighted by Crippen LogP contribution is -2.33. The van der Waals surface area contributed by atoms with Crippen LogP contribution in [0, 0.1) is 11.8 Å². The van der Waals surface area contributed by atoms with E-state index in [1.165, 1.54) is 0 Å². The fourth-order valence-electron chi connectivity index (χ4n) is 2.88. The molecule has 2 amide bonds. The Morgan fingerprint density at radius 3 is 2.44 bits per heavy atom. The normalized spacial score (nSPS) is 32.8. The first-order valence-corrected chi connectivity index (χ1v) is 6.52. The Morgan fingerprint density at radius 2 is 1.83 bits per heavy atom. The van der Waals surface area contributed by atoms with Gasteiger partial charge in [0.2, 0.25) is 0 Å². The molecule has 1 aromatic rings. The van der Waals surface area contributed by atoms with E-state index in [4.69, 9.17) is 11.6 Å². The molecule has 0 aromatic heterocycles. The van der Waals surface area contributed by atoms with E-state index in [1.807, 2.05) is 0 Å². The van der Waals surface area contributed by atoms with E-state index < -0.39 is 0 Å². The van der Waals surface area contributed by atoms with Crippen LogP contribution in [-0.4, -0.2) is 23.3 Å². The van der Waals surface area contributed by atoms with Crippen molar-refractivity contribution in [3.8, 4) is 0 Å². The van der Waals surface area contributed by atoms with Gasteiger partial charge in [-0.1, -0.05) is 11.6 Å². The van der Waals surface area contributed by atoms with Crippen molar-refractivity contribution in [2.75, 3.05) is 5.32 Å². The lowest BCUT2D eigenvalue weighted by atomic mass is 10.2. The van der Waals surface area contributed by atoms with Crippen molar-refractivity contribution in [3.05, 3.63) is 29.3 Å². The number of urea groups is 1. The van der Waals surface area contributed by atoms with E-state index in [9.17, 15) is 9.90 Å². The minimum Gasteiger partial charge on any atom is -0.393 e. The minimum absolute atomic E-state index is 0.169. The van der Waals surface area contributed by atoms with Crippen LogP contribution in [0.4, 0.5) is 10.5 Å². The number of carbonyl (C=O) groups is 1. The molecule has 5 heteroatoms. The van der Waals surface area contributed by atoms with Crippen LogP contribution >= 0.6 is 11.6 Å². The molecule has 2 fully saturated rings. The van der Waals surface area contributed by atoms with Crippen LogP contribution in [0.3, 0.4) is 0 Å². The highest BCUT2D eigenvalue weighted by Gasteiger charge is 2.56. The zero-order valence-corrected chi connectivity index (χ0v) is 10.5. The van der Waals surface area contributed by atoms with E-state index in [0.717, 1.165) is 18.5 Å². The summed E-state index contributed by atoms with van der Waals surface area (Å²) in [5.41, 5.74) is 0.725. The summed E-state index contributed by atoms with van der Waals surface area (Å²) in [7, 11) is 0. The number of aliphatic hydroxyl groups is 1. The van der Waals surface area contributed by atoms with Gasteiger partial charge in [0.15, 0.2) is 0 Å². The van der Waals surface area contributed by atoms with Gasteiger partial charge < -0.3 is 15.7 Å². The van der Waals surface area contributed by atoms with Gasteiger partial charge in [-0.15, -0.1) is 0 Å². The van der Waals surface area contributed by atoms with Gasteiger partial charge in [0, 0.05) is 16.8 Å². The highest BCUT2D eigenvalue weighted by atomic mass is 35.5. The van der Waals surface area contributed by atoms with Crippen molar-refractivity contribution in [1.29, 1.82) is 0 Å². The number of hydrogen-bond acceptors (Lipinski definition) is 2. The molecule has 3 N–H and O–H groups in total. The van der Waals surface area contributed by atoms with Crippen LogP contribution in [0.5, 0.6) is 0 Å². The fraction of sp³-hybridized carbons (Fsp3) is 0.462. The number of carbonyl (C=O) groups excluding carboxylic acids is 1. The number of fused-ring (bicyclic) bond motifs is 1. The zero-order chi connectivity index (χ0) is 12.7. The predicted molar refractivity (Wildman–Crippen MR) is 69.6 cm³/mol. The average Bonchev–Trinajstić information content (AvgIpc) is 2.79. The summed E-state index contributed by atoms with van der Waals surface area (Å²) < 4.78 is 0. The molecular formula is C13H15ClN2O2. The van der Waals surface area contributed by atoms with Crippen LogP contribution in [0.1, 0.15) is 12.8 Å². The largest absolute Gasteiger partial charge is 0.393 e. The average molecular weight is 267 g/mol. The Bertz CT molecular complexity index is 451. The molecule has 2 atom stereocenters. The van der Waals surface area contributed by atoms with Crippen LogP contribution in [0.25, 0.3) is 0 Å². The fourth-order valence-corrected chi connectivity index (χ4v) is 3.00. The molecule has 0 bridgehead atoms. The van der Waals surface area contributed by atoms with E-state index >= 15 is 0 Å². The number of nitrogens with one attached hydrogen (secondary N) is 2. The second-order valence-electron chi connectivity index (χ2n) is 5.08. The predicted octanol–water partition coefficient (Wildman–Crippen LogP) is 2.23. The van der Waals surface area contributed by atoms with Crippen molar-refractivity contribution in [2.24, 2.45) is 11.8 Å². The van der Waals surface area contributed by atoms with E-state index in [1.54, 1.807) is 24.3 Å². The number of rotatable bonds is 2. The standard InChI is InChI=1S/C13H15ClN2O2/c14-7-1-3-8(4-2-7)15-13(18)16-12-10-5-9(17)6-11(10)12/h1-4,9-12,17H,5-6H2,(H2,15,16,18). The Labute approximate surface area is 110 Å². The first kappa shape index (κ1) is 11.8. The van der Waals surface area contributed by atoms with Gasteiger partial charge in [0.05, 0.1) is 6.10 Å². The first-order chi connectivity index (χ1) is 8.63. The number of benzene rings is 1. The third-order valence-electron chi connectivity index (χ3n) is 3.82. The van der Waals surface area contributed by atoms with Gasteiger partial charge in [-0.2, -0.15) is 0 Å². The summed E-state index contributed by atoms with van der Waals surface area (Å²) in [6.07, 6.45) is 1.46. The lowest BCUT2D eigenvalue weighted by Gasteiger charge is -2.11. The third-order valence-corrected chi connectivity index (χ3v) is 4.07. The van der Waals surface area contributed by atoms with Gasteiger partial charge in [0.1, 0.15) is 0 Å². The second-order valence-corrected chi connectivity index (χ2v) is 5.52. The van der Waals surface area contributed by atoms with Gasteiger partial charge in [-0.25, -0.2) is 4.79 Å². The SMILES string of the molecule is O=C(Nc1ccc(Cl)cc1)NC1C2CC(O)CC21. The molecule has 4 nitrogen and oxygen atoms in total. The van der Waals surface area contributed by atoms with E-state index in [-0.39, 0.29) is 18.2 Å². The maximum Gasteiger partial charge on any atom is 0.319 e. The summed E-state index contributed by atoms with van der Waals surface area (Å²) in [6, 6.07) is 7.05. The smallest absolute Gasteiger partial charge is 0.319 e. The molecule has 2 aliphatic rings. The van der Waals surface area contributed by atoms with E-state index in [0.29, 0.717) is 16.9 Å². The highest BCUT2D eigenvalue weighted by molar-refractivity contribution is 6.30. The summed E-state index contributed by atoms with van der Waals surface area (Å²) >= 11 is 5.77. The molecule has 1 aromatic carbocycles. The van der Waals surface area contributed by atoms with Crippen molar-refractivity contribution >= 4 is 23.3 Å². The zero-order valence-electron chi connectivity index (χ0n) is 9.77. The number of aliphatic hydroxyl groups excluding tert-OH is 1. The van der Waals surface area contributed by atoms with Gasteiger partial charge >= 0.3 is 6.03 Å².